The zero-order valence-electron chi connectivity index (χ0n) is 10.8. The van der Waals surface area contributed by atoms with Crippen LogP contribution in [0, 0.1) is 11.3 Å². The molecule has 0 saturated carbocycles. The molecule has 1 heterocycles. The van der Waals surface area contributed by atoms with Crippen LogP contribution in [0.5, 0.6) is 0 Å². The predicted octanol–water partition coefficient (Wildman–Crippen LogP) is 5.27. The van der Waals surface area contributed by atoms with Crippen molar-refractivity contribution in [1.29, 1.82) is 5.26 Å². The zero-order chi connectivity index (χ0) is 14.8. The van der Waals surface area contributed by atoms with Crippen molar-refractivity contribution in [2.75, 3.05) is 5.32 Å². The summed E-state index contributed by atoms with van der Waals surface area (Å²) in [5, 5.41) is 14.0. The van der Waals surface area contributed by atoms with Crippen LogP contribution in [0.4, 0.5) is 11.4 Å². The third-order valence-electron chi connectivity index (χ3n) is 3.05. The summed E-state index contributed by atoms with van der Waals surface area (Å²) in [6.45, 7) is 0. The summed E-state index contributed by atoms with van der Waals surface area (Å²) in [5.74, 6) is 0. The van der Waals surface area contributed by atoms with E-state index in [0.29, 0.717) is 16.3 Å². The van der Waals surface area contributed by atoms with Gasteiger partial charge >= 0.3 is 0 Å². The van der Waals surface area contributed by atoms with Crippen molar-refractivity contribution >= 4 is 49.8 Å². The molecule has 3 rings (SSSR count). The Kier molecular flexibility index (Phi) is 3.78. The quantitative estimate of drug-likeness (QED) is 0.679. The molecule has 0 aliphatic rings. The lowest BCUT2D eigenvalue weighted by atomic mass is 10.1. The van der Waals surface area contributed by atoms with Crippen molar-refractivity contribution in [2.45, 2.75) is 0 Å². The number of nitrogens with zero attached hydrogens (tertiary/aromatic N) is 2. The van der Waals surface area contributed by atoms with Crippen LogP contribution in [0.2, 0.25) is 5.02 Å². The van der Waals surface area contributed by atoms with E-state index in [0.717, 1.165) is 21.1 Å². The fourth-order valence-electron chi connectivity index (χ4n) is 2.10. The molecule has 0 aliphatic heterocycles. The Morgan fingerprint density at radius 3 is 2.81 bits per heavy atom. The smallest absolute Gasteiger partial charge is 0.101 e. The van der Waals surface area contributed by atoms with E-state index in [9.17, 15) is 5.26 Å². The van der Waals surface area contributed by atoms with E-state index in [2.05, 4.69) is 32.3 Å². The molecule has 0 saturated heterocycles. The number of aromatic nitrogens is 1. The van der Waals surface area contributed by atoms with Gasteiger partial charge in [0.25, 0.3) is 0 Å². The number of halogens is 2. The number of pyridine rings is 1. The van der Waals surface area contributed by atoms with Crippen LogP contribution in [0.15, 0.2) is 53.1 Å². The molecule has 0 spiro atoms. The molecule has 3 nitrogen and oxygen atoms in total. The van der Waals surface area contributed by atoms with E-state index in [-0.39, 0.29) is 0 Å². The van der Waals surface area contributed by atoms with Gasteiger partial charge in [-0.15, -0.1) is 0 Å². The standard InChI is InChI=1S/C16H9BrClN3/c17-12-6-10-2-1-3-15(16(10)20-9-12)21-14-5-4-13(18)7-11(14)8-19/h1-7,9,21H. The summed E-state index contributed by atoms with van der Waals surface area (Å²) in [6, 6.07) is 15.2. The minimum absolute atomic E-state index is 0.497. The molecule has 5 heteroatoms. The molecule has 0 atom stereocenters. The van der Waals surface area contributed by atoms with Crippen LogP contribution in [-0.4, -0.2) is 4.98 Å². The fourth-order valence-corrected chi connectivity index (χ4v) is 2.62. The van der Waals surface area contributed by atoms with Gasteiger partial charge in [0, 0.05) is 21.1 Å². The second-order valence-electron chi connectivity index (χ2n) is 4.46. The second-order valence-corrected chi connectivity index (χ2v) is 5.81. The topological polar surface area (TPSA) is 48.7 Å². The van der Waals surface area contributed by atoms with Crippen LogP contribution in [0.3, 0.4) is 0 Å². The largest absolute Gasteiger partial charge is 0.353 e. The van der Waals surface area contributed by atoms with Gasteiger partial charge in [-0.25, -0.2) is 0 Å². The van der Waals surface area contributed by atoms with E-state index in [1.807, 2.05) is 24.3 Å². The van der Waals surface area contributed by atoms with Gasteiger partial charge < -0.3 is 5.32 Å². The fraction of sp³-hybridized carbons (Fsp3) is 0. The lowest BCUT2D eigenvalue weighted by Gasteiger charge is -2.11. The number of nitrogens with one attached hydrogen (secondary N) is 1. The Bertz CT molecular complexity index is 871. The highest BCUT2D eigenvalue weighted by Gasteiger charge is 2.07. The van der Waals surface area contributed by atoms with Gasteiger partial charge in [-0.3, -0.25) is 4.98 Å². The summed E-state index contributed by atoms with van der Waals surface area (Å²) < 4.78 is 0.927. The van der Waals surface area contributed by atoms with Gasteiger partial charge in [0.1, 0.15) is 6.07 Å². The Balaban J connectivity index is 2.09. The summed E-state index contributed by atoms with van der Waals surface area (Å²) in [5.41, 5.74) is 2.90. The number of benzene rings is 2. The number of hydrogen-bond donors (Lipinski definition) is 1. The van der Waals surface area contributed by atoms with Crippen LogP contribution < -0.4 is 5.32 Å². The van der Waals surface area contributed by atoms with E-state index < -0.39 is 0 Å². The third kappa shape index (κ3) is 2.85. The van der Waals surface area contributed by atoms with Gasteiger partial charge in [0.2, 0.25) is 0 Å². The summed E-state index contributed by atoms with van der Waals surface area (Å²) in [6.07, 6.45) is 1.75. The molecule has 0 bridgehead atoms. The second kappa shape index (κ2) is 5.72. The first-order valence-corrected chi connectivity index (χ1v) is 7.35. The molecule has 0 fully saturated rings. The first kappa shape index (κ1) is 13.9. The van der Waals surface area contributed by atoms with Crippen molar-refractivity contribution < 1.29 is 0 Å². The zero-order valence-corrected chi connectivity index (χ0v) is 13.1. The minimum atomic E-state index is 0.497. The Morgan fingerprint density at radius 1 is 1.14 bits per heavy atom. The van der Waals surface area contributed by atoms with Crippen molar-refractivity contribution in [2.24, 2.45) is 0 Å². The SMILES string of the molecule is N#Cc1cc(Cl)ccc1Nc1cccc2cc(Br)cnc12. The number of anilines is 2. The number of para-hydroxylation sites is 1. The van der Waals surface area contributed by atoms with Crippen LogP contribution >= 0.6 is 27.5 Å². The van der Waals surface area contributed by atoms with E-state index >= 15 is 0 Å². The maximum Gasteiger partial charge on any atom is 0.101 e. The van der Waals surface area contributed by atoms with Gasteiger partial charge in [-0.2, -0.15) is 5.26 Å². The first-order valence-electron chi connectivity index (χ1n) is 6.18. The van der Waals surface area contributed by atoms with E-state index in [4.69, 9.17) is 11.6 Å². The normalized spacial score (nSPS) is 10.3. The molecule has 1 aromatic heterocycles. The highest BCUT2D eigenvalue weighted by molar-refractivity contribution is 9.10. The maximum atomic E-state index is 9.20. The Morgan fingerprint density at radius 2 is 2.00 bits per heavy atom. The molecule has 1 N–H and O–H groups in total. The molecule has 21 heavy (non-hydrogen) atoms. The molecular weight excluding hydrogens is 350 g/mol. The predicted molar refractivity (Wildman–Crippen MR) is 88.9 cm³/mol. The highest BCUT2D eigenvalue weighted by atomic mass is 79.9. The minimum Gasteiger partial charge on any atom is -0.353 e. The van der Waals surface area contributed by atoms with Gasteiger partial charge in [0.15, 0.2) is 0 Å². The van der Waals surface area contributed by atoms with Gasteiger partial charge in [-0.05, 0) is 46.3 Å². The molecule has 0 amide bonds. The Labute approximate surface area is 135 Å². The monoisotopic (exact) mass is 357 g/mol. The van der Waals surface area contributed by atoms with Gasteiger partial charge in [0.05, 0.1) is 22.5 Å². The Hall–Kier alpha value is -2.09. The summed E-state index contributed by atoms with van der Waals surface area (Å²) >= 11 is 9.33. The number of nitriles is 1. The van der Waals surface area contributed by atoms with Crippen molar-refractivity contribution in [3.8, 4) is 6.07 Å². The van der Waals surface area contributed by atoms with Crippen molar-refractivity contribution in [3.63, 3.8) is 0 Å². The average molecular weight is 359 g/mol. The molecule has 0 radical (unpaired) electrons. The van der Waals surface area contributed by atoms with E-state index in [1.165, 1.54) is 0 Å². The summed E-state index contributed by atoms with van der Waals surface area (Å²) in [4.78, 5) is 4.43. The van der Waals surface area contributed by atoms with Crippen LogP contribution in [-0.2, 0) is 0 Å². The van der Waals surface area contributed by atoms with Crippen LogP contribution in [0.1, 0.15) is 5.56 Å². The molecule has 3 aromatic rings. The molecule has 102 valence electrons. The molecule has 2 aromatic carbocycles. The summed E-state index contributed by atoms with van der Waals surface area (Å²) in [7, 11) is 0. The first-order chi connectivity index (χ1) is 10.2. The van der Waals surface area contributed by atoms with Gasteiger partial charge in [-0.1, -0.05) is 23.7 Å². The van der Waals surface area contributed by atoms with Crippen LogP contribution in [0.25, 0.3) is 10.9 Å². The lowest BCUT2D eigenvalue weighted by molar-refractivity contribution is 1.38. The maximum absolute atomic E-state index is 9.20. The molecule has 0 unspecified atom stereocenters. The third-order valence-corrected chi connectivity index (χ3v) is 3.72. The molecule has 0 aliphatic carbocycles. The lowest BCUT2D eigenvalue weighted by Crippen LogP contribution is -1.95. The number of fused-ring (bicyclic) bond motifs is 1. The highest BCUT2D eigenvalue weighted by Crippen LogP contribution is 2.29. The molecular formula is C16H9BrClN3. The number of hydrogen-bond acceptors (Lipinski definition) is 3. The van der Waals surface area contributed by atoms with Crippen molar-refractivity contribution in [3.05, 3.63) is 63.7 Å². The van der Waals surface area contributed by atoms with Crippen molar-refractivity contribution in [1.82, 2.24) is 4.98 Å². The average Bonchev–Trinajstić information content (AvgIpc) is 2.49. The van der Waals surface area contributed by atoms with E-state index in [1.54, 1.807) is 24.4 Å². The number of rotatable bonds is 2.